The first-order valence-corrected chi connectivity index (χ1v) is 14.7. The molecule has 8 heteroatoms. The van der Waals surface area contributed by atoms with Gasteiger partial charge in [0.1, 0.15) is 0 Å². The fourth-order valence-electron chi connectivity index (χ4n) is 4.23. The van der Waals surface area contributed by atoms with Crippen molar-refractivity contribution in [1.82, 2.24) is 20.0 Å². The number of nitrogens with one attached hydrogen (secondary N) is 1. The zero-order chi connectivity index (χ0) is 27.7. The first-order valence-electron chi connectivity index (χ1n) is 13.8. The van der Waals surface area contributed by atoms with E-state index in [2.05, 4.69) is 53.8 Å². The maximum atomic E-state index is 12.6. The van der Waals surface area contributed by atoms with Crippen LogP contribution in [0, 0.1) is 5.92 Å². The molecular formula is C28H53BrN4O3. The molecule has 2 rings (SSSR count). The Balaban J connectivity index is 0.000000838. The number of hydrogen-bond acceptors (Lipinski definition) is 4. The average molecular weight is 574 g/mol. The number of rotatable bonds is 8. The van der Waals surface area contributed by atoms with Gasteiger partial charge < -0.3 is 20.0 Å². The topological polar surface area (TPSA) is 73.0 Å². The van der Waals surface area contributed by atoms with Crippen LogP contribution in [-0.2, 0) is 14.4 Å². The Hall–Kier alpha value is -1.41. The standard InChI is InChI=1S/C17H28BrN3O3.C8H17N.C3H8/c1-12(2)15(20(4)16(23)10-19-11-22)9-13(3)17(24)21-7-5-14(18)6-8-21;1-8(2)9-6-4-3-5-7-9;1-3-2/h9,11-12,14-15H,5-8,10H2,1-4H3,(H,19,22);8H,3-7H2,1-2H3;3H2,1-2H3/b13-9+;;/t15-;;/m1../s1. The summed E-state index contributed by atoms with van der Waals surface area (Å²) in [5, 5.41) is 2.38. The lowest BCUT2D eigenvalue weighted by Crippen LogP contribution is -2.44. The van der Waals surface area contributed by atoms with E-state index in [0.717, 1.165) is 32.0 Å². The summed E-state index contributed by atoms with van der Waals surface area (Å²) in [6, 6.07) is 0.578. The molecule has 0 aliphatic carbocycles. The Morgan fingerprint density at radius 3 is 1.97 bits per heavy atom. The van der Waals surface area contributed by atoms with Gasteiger partial charge in [0.05, 0.1) is 12.6 Å². The molecule has 0 aromatic carbocycles. The van der Waals surface area contributed by atoms with Crippen LogP contribution in [0.15, 0.2) is 11.6 Å². The molecule has 3 amide bonds. The monoisotopic (exact) mass is 572 g/mol. The number of halogens is 1. The van der Waals surface area contributed by atoms with E-state index in [4.69, 9.17) is 0 Å². The van der Waals surface area contributed by atoms with Gasteiger partial charge in [0.25, 0.3) is 0 Å². The van der Waals surface area contributed by atoms with Gasteiger partial charge in [-0.1, -0.05) is 62.5 Å². The zero-order valence-electron chi connectivity index (χ0n) is 24.2. The molecule has 7 nitrogen and oxygen atoms in total. The van der Waals surface area contributed by atoms with Gasteiger partial charge in [-0.05, 0) is 65.5 Å². The molecule has 0 saturated carbocycles. The number of likely N-dealkylation sites (N-methyl/N-ethyl adjacent to an activating group) is 1. The van der Waals surface area contributed by atoms with Gasteiger partial charge in [-0.15, -0.1) is 0 Å². The molecule has 0 aromatic rings. The van der Waals surface area contributed by atoms with Crippen molar-refractivity contribution >= 4 is 34.2 Å². The first-order chi connectivity index (χ1) is 17.0. The summed E-state index contributed by atoms with van der Waals surface area (Å²) < 4.78 is 0. The van der Waals surface area contributed by atoms with Crippen LogP contribution in [0.25, 0.3) is 0 Å². The summed E-state index contributed by atoms with van der Waals surface area (Å²) in [6.07, 6.45) is 9.82. The molecule has 2 fully saturated rings. The van der Waals surface area contributed by atoms with Crippen LogP contribution in [0.4, 0.5) is 0 Å². The Labute approximate surface area is 229 Å². The highest BCUT2D eigenvalue weighted by atomic mass is 79.9. The zero-order valence-corrected chi connectivity index (χ0v) is 25.8. The van der Waals surface area contributed by atoms with Crippen LogP contribution in [0.2, 0.25) is 0 Å². The van der Waals surface area contributed by atoms with Crippen molar-refractivity contribution in [2.24, 2.45) is 5.92 Å². The maximum absolute atomic E-state index is 12.6. The quantitative estimate of drug-likeness (QED) is 0.256. The van der Waals surface area contributed by atoms with Crippen LogP contribution >= 0.6 is 15.9 Å². The predicted octanol–water partition coefficient (Wildman–Crippen LogP) is 4.84. The number of hydrogen-bond donors (Lipinski definition) is 1. The minimum absolute atomic E-state index is 0.0342. The second-order valence-electron chi connectivity index (χ2n) is 10.5. The Bertz CT molecular complexity index is 655. The smallest absolute Gasteiger partial charge is 0.249 e. The van der Waals surface area contributed by atoms with Crippen LogP contribution in [0.1, 0.15) is 87.0 Å². The van der Waals surface area contributed by atoms with Crippen LogP contribution < -0.4 is 5.32 Å². The van der Waals surface area contributed by atoms with Crippen molar-refractivity contribution in [3.63, 3.8) is 0 Å². The molecule has 0 unspecified atom stereocenters. The minimum Gasteiger partial charge on any atom is -0.350 e. The molecule has 0 bridgehead atoms. The largest absolute Gasteiger partial charge is 0.350 e. The number of carbonyl (C=O) groups excluding carboxylic acids is 3. The molecule has 1 N–H and O–H groups in total. The van der Waals surface area contributed by atoms with E-state index >= 15 is 0 Å². The molecule has 2 saturated heterocycles. The number of nitrogens with zero attached hydrogens (tertiary/aromatic N) is 3. The summed E-state index contributed by atoms with van der Waals surface area (Å²) in [5.41, 5.74) is 0.657. The lowest BCUT2D eigenvalue weighted by Gasteiger charge is -2.32. The fraction of sp³-hybridized carbons (Fsp3) is 0.821. The average Bonchev–Trinajstić information content (AvgIpc) is 2.86. The van der Waals surface area contributed by atoms with Gasteiger partial charge in [-0.25, -0.2) is 0 Å². The summed E-state index contributed by atoms with van der Waals surface area (Å²) >= 11 is 3.59. The molecule has 2 aliphatic heterocycles. The van der Waals surface area contributed by atoms with Gasteiger partial charge in [-0.3, -0.25) is 14.4 Å². The summed E-state index contributed by atoms with van der Waals surface area (Å²) in [7, 11) is 1.70. The van der Waals surface area contributed by atoms with Crippen molar-refractivity contribution in [3.8, 4) is 0 Å². The van der Waals surface area contributed by atoms with E-state index in [1.807, 2.05) is 24.8 Å². The van der Waals surface area contributed by atoms with E-state index in [0.29, 0.717) is 16.8 Å². The predicted molar refractivity (Wildman–Crippen MR) is 154 cm³/mol. The Morgan fingerprint density at radius 2 is 1.56 bits per heavy atom. The Kier molecular flexibility index (Phi) is 18.9. The minimum atomic E-state index is -0.191. The molecular weight excluding hydrogens is 520 g/mol. The van der Waals surface area contributed by atoms with E-state index in [1.54, 1.807) is 18.9 Å². The number of piperidine rings is 2. The van der Waals surface area contributed by atoms with E-state index in [-0.39, 0.29) is 30.3 Å². The molecule has 1 atom stereocenters. The number of amides is 3. The number of likely N-dealkylation sites (tertiary alicyclic amines) is 2. The van der Waals surface area contributed by atoms with Crippen LogP contribution in [0.3, 0.4) is 0 Å². The van der Waals surface area contributed by atoms with E-state index in [9.17, 15) is 14.4 Å². The van der Waals surface area contributed by atoms with Crippen molar-refractivity contribution < 1.29 is 14.4 Å². The van der Waals surface area contributed by atoms with Gasteiger partial charge in [-0.2, -0.15) is 0 Å². The SMILES string of the molecule is C/C(=C\[C@H](C(C)C)N(C)C(=O)CNC=O)C(=O)N1CCC(Br)CC1.CC(C)N1CCCCC1.CCC. The highest BCUT2D eigenvalue weighted by Crippen LogP contribution is 2.20. The summed E-state index contributed by atoms with van der Waals surface area (Å²) in [6.45, 7) is 18.8. The van der Waals surface area contributed by atoms with Gasteiger partial charge >= 0.3 is 0 Å². The lowest BCUT2D eigenvalue weighted by atomic mass is 9.99. The number of alkyl halides is 1. The highest BCUT2D eigenvalue weighted by molar-refractivity contribution is 9.09. The van der Waals surface area contributed by atoms with E-state index < -0.39 is 0 Å². The van der Waals surface area contributed by atoms with Crippen molar-refractivity contribution in [2.75, 3.05) is 39.8 Å². The molecule has 0 aromatic heterocycles. The van der Waals surface area contributed by atoms with E-state index in [1.165, 1.54) is 38.8 Å². The van der Waals surface area contributed by atoms with Crippen molar-refractivity contribution in [1.29, 1.82) is 0 Å². The van der Waals surface area contributed by atoms with Crippen molar-refractivity contribution in [2.45, 2.75) is 104 Å². The fourth-order valence-corrected chi connectivity index (χ4v) is 4.64. The summed E-state index contributed by atoms with van der Waals surface area (Å²) in [5.74, 6) is 0.00975. The molecule has 0 radical (unpaired) electrons. The third-order valence-corrected chi connectivity index (χ3v) is 7.37. The van der Waals surface area contributed by atoms with Crippen molar-refractivity contribution in [3.05, 3.63) is 11.6 Å². The van der Waals surface area contributed by atoms with Gasteiger partial charge in [0.15, 0.2) is 0 Å². The number of carbonyl (C=O) groups is 3. The molecule has 2 heterocycles. The highest BCUT2D eigenvalue weighted by Gasteiger charge is 2.25. The lowest BCUT2D eigenvalue weighted by molar-refractivity contribution is -0.132. The van der Waals surface area contributed by atoms with Crippen LogP contribution in [0.5, 0.6) is 0 Å². The normalized spacial score (nSPS) is 18.0. The van der Waals surface area contributed by atoms with Gasteiger partial charge in [0, 0.05) is 36.6 Å². The molecule has 36 heavy (non-hydrogen) atoms. The maximum Gasteiger partial charge on any atom is 0.249 e. The molecule has 0 spiro atoms. The van der Waals surface area contributed by atoms with Gasteiger partial charge in [0.2, 0.25) is 18.2 Å². The third-order valence-electron chi connectivity index (χ3n) is 6.45. The van der Waals surface area contributed by atoms with Crippen LogP contribution in [-0.4, -0.2) is 89.6 Å². The first kappa shape index (κ1) is 34.6. The molecule has 210 valence electrons. The Morgan fingerprint density at radius 1 is 1.03 bits per heavy atom. The molecule has 2 aliphatic rings. The summed E-state index contributed by atoms with van der Waals surface area (Å²) in [4.78, 5) is 41.6. The second kappa shape index (κ2) is 19.7. The second-order valence-corrected chi connectivity index (χ2v) is 11.7. The third kappa shape index (κ3) is 13.8.